The molecule has 0 aliphatic rings. The van der Waals surface area contributed by atoms with Gasteiger partial charge in [-0.25, -0.2) is 4.98 Å². The van der Waals surface area contributed by atoms with Crippen LogP contribution in [0.1, 0.15) is 5.76 Å². The van der Waals surface area contributed by atoms with E-state index in [2.05, 4.69) is 32.3 Å². The molecule has 0 radical (unpaired) electrons. The van der Waals surface area contributed by atoms with E-state index >= 15 is 0 Å². The predicted molar refractivity (Wildman–Crippen MR) is 146 cm³/mol. The van der Waals surface area contributed by atoms with E-state index in [4.69, 9.17) is 8.83 Å². The van der Waals surface area contributed by atoms with Gasteiger partial charge in [0.2, 0.25) is 11.8 Å². The summed E-state index contributed by atoms with van der Waals surface area (Å²) in [6.07, 6.45) is 3.09. The van der Waals surface area contributed by atoms with E-state index in [1.807, 2.05) is 78.9 Å². The number of halogens is 1. The molecular formula is C30H19BrN2O3. The van der Waals surface area contributed by atoms with Gasteiger partial charge in [0, 0.05) is 27.4 Å². The number of oxazole rings is 1. The van der Waals surface area contributed by atoms with Crippen LogP contribution in [0.4, 0.5) is 5.69 Å². The number of carbonyl (C=O) groups is 1. The zero-order valence-corrected chi connectivity index (χ0v) is 20.5. The molecule has 6 heteroatoms. The van der Waals surface area contributed by atoms with E-state index in [9.17, 15) is 4.79 Å². The lowest BCUT2D eigenvalue weighted by molar-refractivity contribution is -0.111. The maximum atomic E-state index is 12.5. The second-order valence-corrected chi connectivity index (χ2v) is 9.09. The summed E-state index contributed by atoms with van der Waals surface area (Å²) in [4.78, 5) is 17.2. The van der Waals surface area contributed by atoms with E-state index in [1.165, 1.54) is 6.08 Å². The minimum atomic E-state index is -0.269. The maximum Gasteiger partial charge on any atom is 0.248 e. The predicted octanol–water partition coefficient (Wildman–Crippen LogP) is 8.32. The molecule has 0 atom stereocenters. The van der Waals surface area contributed by atoms with E-state index in [1.54, 1.807) is 18.2 Å². The molecule has 5 nitrogen and oxygen atoms in total. The molecule has 6 aromatic rings. The Balaban J connectivity index is 1.21. The van der Waals surface area contributed by atoms with Crippen LogP contribution < -0.4 is 5.32 Å². The summed E-state index contributed by atoms with van der Waals surface area (Å²) in [5.41, 5.74) is 3.83. The van der Waals surface area contributed by atoms with Crippen LogP contribution >= 0.6 is 15.9 Å². The molecule has 0 saturated carbocycles. The van der Waals surface area contributed by atoms with Gasteiger partial charge >= 0.3 is 0 Å². The van der Waals surface area contributed by atoms with Gasteiger partial charge in [0.05, 0.1) is 0 Å². The lowest BCUT2D eigenvalue weighted by Crippen LogP contribution is -2.07. The molecule has 0 spiro atoms. The van der Waals surface area contributed by atoms with Crippen molar-refractivity contribution in [3.8, 4) is 22.8 Å². The van der Waals surface area contributed by atoms with Crippen molar-refractivity contribution in [1.29, 1.82) is 0 Å². The summed E-state index contributed by atoms with van der Waals surface area (Å²) < 4.78 is 12.9. The number of hydrogen-bond acceptors (Lipinski definition) is 4. The largest absolute Gasteiger partial charge is 0.457 e. The molecule has 36 heavy (non-hydrogen) atoms. The zero-order valence-electron chi connectivity index (χ0n) is 18.9. The number of fused-ring (bicyclic) bond motifs is 2. The molecule has 6 rings (SSSR count). The summed E-state index contributed by atoms with van der Waals surface area (Å²) >= 11 is 3.61. The number of carbonyl (C=O) groups excluding carboxylic acids is 1. The van der Waals surface area contributed by atoms with Crippen molar-refractivity contribution in [2.45, 2.75) is 0 Å². The summed E-state index contributed by atoms with van der Waals surface area (Å²) in [7, 11) is 0. The molecule has 0 aliphatic heterocycles. The van der Waals surface area contributed by atoms with Crippen LogP contribution in [-0.4, -0.2) is 10.9 Å². The third-order valence-corrected chi connectivity index (χ3v) is 6.53. The molecule has 0 fully saturated rings. The Bertz CT molecular complexity index is 1750. The van der Waals surface area contributed by atoms with Gasteiger partial charge in [-0.3, -0.25) is 4.79 Å². The van der Waals surface area contributed by atoms with Gasteiger partial charge in [0.25, 0.3) is 0 Å². The van der Waals surface area contributed by atoms with Gasteiger partial charge in [0.1, 0.15) is 17.0 Å². The number of benzene rings is 4. The second kappa shape index (κ2) is 9.32. The smallest absolute Gasteiger partial charge is 0.248 e. The van der Waals surface area contributed by atoms with Crippen molar-refractivity contribution >= 4 is 55.5 Å². The van der Waals surface area contributed by atoms with Gasteiger partial charge in [-0.1, -0.05) is 70.5 Å². The molecule has 174 valence electrons. The van der Waals surface area contributed by atoms with Gasteiger partial charge < -0.3 is 14.2 Å². The highest BCUT2D eigenvalue weighted by Crippen LogP contribution is 2.34. The number of aromatic nitrogens is 1. The fourth-order valence-corrected chi connectivity index (χ4v) is 4.62. The van der Waals surface area contributed by atoms with Crippen molar-refractivity contribution in [2.75, 3.05) is 5.32 Å². The zero-order chi connectivity index (χ0) is 24.5. The minimum absolute atomic E-state index is 0.269. The Hall–Kier alpha value is -4.42. The second-order valence-electron chi connectivity index (χ2n) is 8.23. The number of nitrogens with one attached hydrogen (secondary N) is 1. The van der Waals surface area contributed by atoms with Crippen LogP contribution in [0, 0.1) is 0 Å². The standard InChI is InChI=1S/C30H19BrN2O3/c31-25-11-5-8-22-23(25)9-4-10-24(22)30-33-26-18-20(12-15-28(26)36-30)32-29(34)17-14-21-13-16-27(35-21)19-6-2-1-3-7-19/h1-18H,(H,32,34)/b17-14+. The lowest BCUT2D eigenvalue weighted by Gasteiger charge is -2.04. The lowest BCUT2D eigenvalue weighted by atomic mass is 10.0. The van der Waals surface area contributed by atoms with Gasteiger partial charge in [-0.15, -0.1) is 0 Å². The number of amides is 1. The SMILES string of the molecule is O=C(/C=C/c1ccc(-c2ccccc2)o1)Nc1ccc2oc(-c3cccc4c(Br)cccc34)nc2c1. The van der Waals surface area contributed by atoms with Gasteiger partial charge in [-0.05, 0) is 59.3 Å². The molecular weight excluding hydrogens is 516 g/mol. The maximum absolute atomic E-state index is 12.5. The van der Waals surface area contributed by atoms with E-state index in [-0.39, 0.29) is 5.91 Å². The van der Waals surface area contributed by atoms with Crippen LogP contribution in [0.3, 0.4) is 0 Å². The number of furan rings is 1. The average molecular weight is 535 g/mol. The van der Waals surface area contributed by atoms with Crippen LogP contribution in [-0.2, 0) is 4.79 Å². The van der Waals surface area contributed by atoms with Crippen molar-refractivity contribution in [2.24, 2.45) is 0 Å². The number of anilines is 1. The number of nitrogens with zero attached hydrogens (tertiary/aromatic N) is 1. The topological polar surface area (TPSA) is 68.3 Å². The van der Waals surface area contributed by atoms with E-state index in [0.29, 0.717) is 28.4 Å². The van der Waals surface area contributed by atoms with Gasteiger partial charge in [0.15, 0.2) is 5.58 Å². The normalized spacial score (nSPS) is 11.5. The fourth-order valence-electron chi connectivity index (χ4n) is 4.12. The molecule has 2 aromatic heterocycles. The third kappa shape index (κ3) is 4.34. The van der Waals surface area contributed by atoms with E-state index in [0.717, 1.165) is 32.1 Å². The fraction of sp³-hybridized carbons (Fsp3) is 0. The van der Waals surface area contributed by atoms with Crippen LogP contribution in [0.2, 0.25) is 0 Å². The Kier molecular flexibility index (Phi) is 5.71. The number of rotatable bonds is 5. The van der Waals surface area contributed by atoms with Gasteiger partial charge in [-0.2, -0.15) is 0 Å². The summed E-state index contributed by atoms with van der Waals surface area (Å²) in [5, 5.41) is 5.01. The molecule has 1 amide bonds. The van der Waals surface area contributed by atoms with Crippen LogP contribution in [0.25, 0.3) is 50.7 Å². The molecule has 4 aromatic carbocycles. The quantitative estimate of drug-likeness (QED) is 0.226. The minimum Gasteiger partial charge on any atom is -0.457 e. The van der Waals surface area contributed by atoms with Crippen LogP contribution in [0.5, 0.6) is 0 Å². The molecule has 0 saturated heterocycles. The Morgan fingerprint density at radius 3 is 2.56 bits per heavy atom. The highest BCUT2D eigenvalue weighted by molar-refractivity contribution is 9.10. The first-order valence-electron chi connectivity index (χ1n) is 11.4. The third-order valence-electron chi connectivity index (χ3n) is 5.84. The Morgan fingerprint density at radius 1 is 0.833 bits per heavy atom. The molecule has 0 aliphatic carbocycles. The van der Waals surface area contributed by atoms with Crippen molar-refractivity contribution in [3.05, 3.63) is 113 Å². The first-order chi connectivity index (χ1) is 17.6. The highest BCUT2D eigenvalue weighted by Gasteiger charge is 2.13. The summed E-state index contributed by atoms with van der Waals surface area (Å²) in [6.45, 7) is 0. The van der Waals surface area contributed by atoms with Crippen LogP contribution in [0.15, 0.2) is 116 Å². The summed E-state index contributed by atoms with van der Waals surface area (Å²) in [6, 6.07) is 31.0. The highest BCUT2D eigenvalue weighted by atomic mass is 79.9. The Morgan fingerprint density at radius 2 is 1.67 bits per heavy atom. The van der Waals surface area contributed by atoms with E-state index < -0.39 is 0 Å². The van der Waals surface area contributed by atoms with Crippen molar-refractivity contribution < 1.29 is 13.6 Å². The van der Waals surface area contributed by atoms with Crippen molar-refractivity contribution in [1.82, 2.24) is 4.98 Å². The molecule has 1 N–H and O–H groups in total. The summed E-state index contributed by atoms with van der Waals surface area (Å²) in [5.74, 6) is 1.61. The molecule has 0 bridgehead atoms. The molecule has 2 heterocycles. The Labute approximate surface area is 215 Å². The number of hydrogen-bond donors (Lipinski definition) is 1. The average Bonchev–Trinajstić information content (AvgIpc) is 3.55. The first kappa shape index (κ1) is 22.1. The monoisotopic (exact) mass is 534 g/mol. The first-order valence-corrected chi connectivity index (χ1v) is 12.2. The van der Waals surface area contributed by atoms with Crippen molar-refractivity contribution in [3.63, 3.8) is 0 Å². The molecule has 0 unspecified atom stereocenters.